The third-order valence-corrected chi connectivity index (χ3v) is 5.54. The van der Waals surface area contributed by atoms with Crippen molar-refractivity contribution in [2.24, 2.45) is 5.92 Å². The van der Waals surface area contributed by atoms with E-state index in [0.717, 1.165) is 6.42 Å². The van der Waals surface area contributed by atoms with Crippen LogP contribution >= 0.6 is 0 Å². The van der Waals surface area contributed by atoms with Crippen LogP contribution in [0.5, 0.6) is 0 Å². The van der Waals surface area contributed by atoms with E-state index in [-0.39, 0.29) is 0 Å². The molecule has 0 spiro atoms. The largest absolute Gasteiger partial charge is 0.398 e. The Morgan fingerprint density at radius 1 is 1.32 bits per heavy atom. The van der Waals surface area contributed by atoms with Gasteiger partial charge in [-0.2, -0.15) is 0 Å². The number of anilines is 1. The minimum Gasteiger partial charge on any atom is -0.398 e. The van der Waals surface area contributed by atoms with Crippen molar-refractivity contribution >= 4 is 15.7 Å². The Hall–Kier alpha value is -1.07. The van der Waals surface area contributed by atoms with Crippen LogP contribution in [-0.2, 0) is 10.0 Å². The molecule has 0 unspecified atom stereocenters. The van der Waals surface area contributed by atoms with E-state index in [9.17, 15) is 8.42 Å². The highest BCUT2D eigenvalue weighted by atomic mass is 32.2. The molecular formula is C14H22N2O2S. The van der Waals surface area contributed by atoms with Crippen molar-refractivity contribution in [3.05, 3.63) is 23.8 Å². The summed E-state index contributed by atoms with van der Waals surface area (Å²) in [6.07, 6.45) is 5.97. The van der Waals surface area contributed by atoms with E-state index < -0.39 is 10.0 Å². The normalized spacial score (nSPS) is 16.9. The summed E-state index contributed by atoms with van der Waals surface area (Å²) in [5, 5.41) is 0. The Labute approximate surface area is 115 Å². The number of nitrogen functional groups attached to an aromatic ring is 1. The first-order valence-electron chi connectivity index (χ1n) is 6.85. The maximum absolute atomic E-state index is 12.2. The van der Waals surface area contributed by atoms with Gasteiger partial charge in [-0.05, 0) is 37.0 Å². The predicted octanol–water partition coefficient (Wildman–Crippen LogP) is 2.44. The van der Waals surface area contributed by atoms with Crippen LogP contribution in [0.15, 0.2) is 23.1 Å². The van der Waals surface area contributed by atoms with Crippen molar-refractivity contribution in [1.82, 2.24) is 4.72 Å². The molecule has 3 N–H and O–H groups in total. The molecule has 1 fully saturated rings. The third-order valence-electron chi connectivity index (χ3n) is 3.93. The summed E-state index contributed by atoms with van der Waals surface area (Å²) in [5.41, 5.74) is 6.89. The highest BCUT2D eigenvalue weighted by molar-refractivity contribution is 7.89. The van der Waals surface area contributed by atoms with Crippen molar-refractivity contribution in [3.63, 3.8) is 0 Å². The molecule has 1 aromatic rings. The van der Waals surface area contributed by atoms with Gasteiger partial charge in [0.15, 0.2) is 0 Å². The van der Waals surface area contributed by atoms with Crippen molar-refractivity contribution < 1.29 is 8.42 Å². The summed E-state index contributed by atoms with van der Waals surface area (Å²) in [5.74, 6) is 0.685. The minimum atomic E-state index is -3.44. The molecule has 2 rings (SSSR count). The number of sulfonamides is 1. The maximum Gasteiger partial charge on any atom is 0.240 e. The molecular weight excluding hydrogens is 260 g/mol. The van der Waals surface area contributed by atoms with Crippen LogP contribution in [0.3, 0.4) is 0 Å². The molecule has 19 heavy (non-hydrogen) atoms. The molecule has 1 aromatic carbocycles. The van der Waals surface area contributed by atoms with Gasteiger partial charge in [-0.3, -0.25) is 0 Å². The zero-order chi connectivity index (χ0) is 13.9. The number of hydrogen-bond acceptors (Lipinski definition) is 3. The third kappa shape index (κ3) is 3.48. The van der Waals surface area contributed by atoms with Gasteiger partial charge in [0.05, 0.1) is 4.90 Å². The summed E-state index contributed by atoms with van der Waals surface area (Å²) < 4.78 is 27.1. The molecule has 0 saturated heterocycles. The maximum atomic E-state index is 12.2. The second kappa shape index (κ2) is 5.92. The van der Waals surface area contributed by atoms with E-state index >= 15 is 0 Å². The molecule has 4 nitrogen and oxygen atoms in total. The molecule has 0 aliphatic heterocycles. The number of hydrogen-bond donors (Lipinski definition) is 2. The topological polar surface area (TPSA) is 72.2 Å². The average molecular weight is 282 g/mol. The van der Waals surface area contributed by atoms with Gasteiger partial charge in [0.2, 0.25) is 10.0 Å². The standard InChI is InChI=1S/C14H22N2O2S/c1-11-13(15)7-4-8-14(11)19(17,18)16-10-9-12-5-2-3-6-12/h4,7-8,12,16H,2-3,5-6,9-10,15H2,1H3. The first-order valence-corrected chi connectivity index (χ1v) is 8.34. The lowest BCUT2D eigenvalue weighted by atomic mass is 10.1. The lowest BCUT2D eigenvalue weighted by molar-refractivity contribution is 0.495. The first-order chi connectivity index (χ1) is 9.00. The second-order valence-corrected chi connectivity index (χ2v) is 7.04. The number of benzene rings is 1. The Balaban J connectivity index is 1.99. The summed E-state index contributed by atoms with van der Waals surface area (Å²) in [4.78, 5) is 0.291. The van der Waals surface area contributed by atoms with E-state index in [1.807, 2.05) is 0 Å². The molecule has 1 aliphatic carbocycles. The molecule has 0 heterocycles. The Morgan fingerprint density at radius 3 is 2.68 bits per heavy atom. The molecule has 0 aromatic heterocycles. The van der Waals surface area contributed by atoms with Crippen molar-refractivity contribution in [1.29, 1.82) is 0 Å². The first kappa shape index (κ1) is 14.3. The summed E-state index contributed by atoms with van der Waals surface area (Å²) in [6, 6.07) is 4.99. The van der Waals surface area contributed by atoms with Gasteiger partial charge in [-0.25, -0.2) is 13.1 Å². The van der Waals surface area contributed by atoms with Crippen LogP contribution in [0.25, 0.3) is 0 Å². The quantitative estimate of drug-likeness (QED) is 0.815. The lowest BCUT2D eigenvalue weighted by Gasteiger charge is -2.12. The van der Waals surface area contributed by atoms with Crippen LogP contribution in [0.1, 0.15) is 37.7 Å². The van der Waals surface area contributed by atoms with Crippen LogP contribution in [-0.4, -0.2) is 15.0 Å². The highest BCUT2D eigenvalue weighted by Crippen LogP contribution is 2.27. The Kier molecular flexibility index (Phi) is 4.47. The van der Waals surface area contributed by atoms with E-state index in [2.05, 4.69) is 4.72 Å². The fraction of sp³-hybridized carbons (Fsp3) is 0.571. The Bertz CT molecular complexity index is 534. The molecule has 106 valence electrons. The van der Waals surface area contributed by atoms with E-state index in [1.165, 1.54) is 25.7 Å². The molecule has 0 amide bonds. The monoisotopic (exact) mass is 282 g/mol. The number of nitrogens with two attached hydrogens (primary N) is 1. The molecule has 1 saturated carbocycles. The minimum absolute atomic E-state index is 0.291. The van der Waals surface area contributed by atoms with E-state index in [4.69, 9.17) is 5.73 Å². The molecule has 1 aliphatic rings. The zero-order valence-electron chi connectivity index (χ0n) is 11.4. The van der Waals surface area contributed by atoms with Gasteiger partial charge in [0.25, 0.3) is 0 Å². The molecule has 0 radical (unpaired) electrons. The van der Waals surface area contributed by atoms with Gasteiger partial charge in [-0.1, -0.05) is 31.7 Å². The van der Waals surface area contributed by atoms with Gasteiger partial charge in [0.1, 0.15) is 0 Å². The van der Waals surface area contributed by atoms with Crippen molar-refractivity contribution in [2.75, 3.05) is 12.3 Å². The van der Waals surface area contributed by atoms with Crippen LogP contribution < -0.4 is 10.5 Å². The fourth-order valence-corrected chi connectivity index (χ4v) is 4.02. The van der Waals surface area contributed by atoms with Crippen molar-refractivity contribution in [2.45, 2.75) is 43.9 Å². The fourth-order valence-electron chi connectivity index (χ4n) is 2.70. The number of rotatable bonds is 5. The Morgan fingerprint density at radius 2 is 2.00 bits per heavy atom. The second-order valence-electron chi connectivity index (χ2n) is 5.31. The van der Waals surface area contributed by atoms with Crippen molar-refractivity contribution in [3.8, 4) is 0 Å². The molecule has 5 heteroatoms. The molecule has 0 bridgehead atoms. The SMILES string of the molecule is Cc1c(N)cccc1S(=O)(=O)NCCC1CCCC1. The van der Waals surface area contributed by atoms with Gasteiger partial charge >= 0.3 is 0 Å². The smallest absolute Gasteiger partial charge is 0.240 e. The highest BCUT2D eigenvalue weighted by Gasteiger charge is 2.19. The molecule has 0 atom stereocenters. The summed E-state index contributed by atoms with van der Waals surface area (Å²) >= 11 is 0. The zero-order valence-corrected chi connectivity index (χ0v) is 12.2. The summed E-state index contributed by atoms with van der Waals surface area (Å²) in [6.45, 7) is 2.25. The van der Waals surface area contributed by atoms with Crippen LogP contribution in [0.2, 0.25) is 0 Å². The van der Waals surface area contributed by atoms with Gasteiger partial charge in [-0.15, -0.1) is 0 Å². The van der Waals surface area contributed by atoms with Gasteiger partial charge in [0, 0.05) is 12.2 Å². The lowest BCUT2D eigenvalue weighted by Crippen LogP contribution is -2.26. The average Bonchev–Trinajstić information content (AvgIpc) is 2.85. The van der Waals surface area contributed by atoms with Crippen LogP contribution in [0.4, 0.5) is 5.69 Å². The number of nitrogens with one attached hydrogen (secondary N) is 1. The summed E-state index contributed by atoms with van der Waals surface area (Å²) in [7, 11) is -3.44. The predicted molar refractivity (Wildman–Crippen MR) is 77.4 cm³/mol. The van der Waals surface area contributed by atoms with Crippen LogP contribution in [0, 0.1) is 12.8 Å². The van der Waals surface area contributed by atoms with E-state index in [0.29, 0.717) is 28.6 Å². The van der Waals surface area contributed by atoms with Gasteiger partial charge < -0.3 is 5.73 Å². The van der Waals surface area contributed by atoms with E-state index in [1.54, 1.807) is 25.1 Å².